The zero-order chi connectivity index (χ0) is 14.7. The third-order valence-corrected chi connectivity index (χ3v) is 3.53. The van der Waals surface area contributed by atoms with Crippen molar-refractivity contribution >= 4 is 11.6 Å². The Morgan fingerprint density at radius 3 is 2.57 bits per heavy atom. The predicted molar refractivity (Wildman–Crippen MR) is 83.7 cm³/mol. The van der Waals surface area contributed by atoms with E-state index in [0.29, 0.717) is 5.02 Å². The molecule has 0 aliphatic heterocycles. The second-order valence-electron chi connectivity index (χ2n) is 4.63. The summed E-state index contributed by atoms with van der Waals surface area (Å²) in [5, 5.41) is 8.33. The van der Waals surface area contributed by atoms with Crippen LogP contribution in [0.5, 0.6) is 0 Å². The lowest BCUT2D eigenvalue weighted by Crippen LogP contribution is -2.22. The van der Waals surface area contributed by atoms with Gasteiger partial charge >= 0.3 is 0 Å². The Morgan fingerprint density at radius 1 is 1.10 bits per heavy atom. The number of hydrogen-bond acceptors (Lipinski definition) is 3. The molecule has 3 aromatic rings. The van der Waals surface area contributed by atoms with E-state index in [9.17, 15) is 0 Å². The van der Waals surface area contributed by atoms with E-state index in [1.807, 2.05) is 60.3 Å². The number of pyridine rings is 1. The standard InChI is InChI=1S/C16H15ClN4/c1-18-16(14-8-7-12(17)11-19-14)15-9-10-20-21(15)13-5-3-2-4-6-13/h2-11,16,18H,1H3. The van der Waals surface area contributed by atoms with Gasteiger partial charge in [-0.05, 0) is 37.4 Å². The van der Waals surface area contributed by atoms with E-state index in [-0.39, 0.29) is 6.04 Å². The van der Waals surface area contributed by atoms with Crippen molar-refractivity contribution in [1.82, 2.24) is 20.1 Å². The van der Waals surface area contributed by atoms with E-state index in [4.69, 9.17) is 11.6 Å². The van der Waals surface area contributed by atoms with Crippen LogP contribution in [-0.2, 0) is 0 Å². The van der Waals surface area contributed by atoms with Crippen molar-refractivity contribution in [2.75, 3.05) is 7.05 Å². The minimum absolute atomic E-state index is 0.0510. The average Bonchev–Trinajstić information content (AvgIpc) is 3.00. The largest absolute Gasteiger partial charge is 0.307 e. The summed E-state index contributed by atoms with van der Waals surface area (Å²) >= 11 is 5.91. The smallest absolute Gasteiger partial charge is 0.0924 e. The van der Waals surface area contributed by atoms with Gasteiger partial charge in [-0.15, -0.1) is 0 Å². The molecule has 4 nitrogen and oxygen atoms in total. The fourth-order valence-electron chi connectivity index (χ4n) is 2.32. The average molecular weight is 299 g/mol. The predicted octanol–water partition coefficient (Wildman–Crippen LogP) is 3.23. The molecule has 2 heterocycles. The van der Waals surface area contributed by atoms with Crippen LogP contribution in [0.2, 0.25) is 5.02 Å². The molecule has 0 radical (unpaired) electrons. The van der Waals surface area contributed by atoms with Crippen LogP contribution >= 0.6 is 11.6 Å². The Balaban J connectivity index is 2.03. The molecule has 106 valence electrons. The van der Waals surface area contributed by atoms with Crippen LogP contribution in [0, 0.1) is 0 Å². The Morgan fingerprint density at radius 2 is 1.90 bits per heavy atom. The van der Waals surface area contributed by atoms with Crippen LogP contribution in [0.1, 0.15) is 17.4 Å². The quantitative estimate of drug-likeness (QED) is 0.804. The van der Waals surface area contributed by atoms with Crippen LogP contribution in [0.3, 0.4) is 0 Å². The van der Waals surface area contributed by atoms with Gasteiger partial charge in [0, 0.05) is 12.4 Å². The number of rotatable bonds is 4. The molecular weight excluding hydrogens is 284 g/mol. The molecule has 2 aromatic heterocycles. The summed E-state index contributed by atoms with van der Waals surface area (Å²) in [6.45, 7) is 0. The van der Waals surface area contributed by atoms with E-state index in [0.717, 1.165) is 17.1 Å². The molecule has 0 aliphatic carbocycles. The molecule has 0 bridgehead atoms. The van der Waals surface area contributed by atoms with Crippen molar-refractivity contribution in [3.05, 3.63) is 77.3 Å². The number of para-hydroxylation sites is 1. The Labute approximate surface area is 128 Å². The molecule has 0 saturated carbocycles. The van der Waals surface area contributed by atoms with Crippen molar-refractivity contribution in [3.63, 3.8) is 0 Å². The van der Waals surface area contributed by atoms with E-state index in [1.54, 1.807) is 12.4 Å². The molecule has 21 heavy (non-hydrogen) atoms. The van der Waals surface area contributed by atoms with E-state index in [2.05, 4.69) is 15.4 Å². The molecule has 1 N–H and O–H groups in total. The van der Waals surface area contributed by atoms with Crippen molar-refractivity contribution in [1.29, 1.82) is 0 Å². The summed E-state index contributed by atoms with van der Waals surface area (Å²) in [5.41, 5.74) is 2.95. The monoisotopic (exact) mass is 298 g/mol. The number of nitrogens with one attached hydrogen (secondary N) is 1. The molecule has 1 atom stereocenters. The number of aromatic nitrogens is 3. The highest BCUT2D eigenvalue weighted by Crippen LogP contribution is 2.23. The van der Waals surface area contributed by atoms with Gasteiger partial charge in [-0.1, -0.05) is 29.8 Å². The van der Waals surface area contributed by atoms with Gasteiger partial charge in [-0.25, -0.2) is 4.68 Å². The Bertz CT molecular complexity index is 707. The normalized spacial score (nSPS) is 12.3. The first-order valence-electron chi connectivity index (χ1n) is 6.67. The lowest BCUT2D eigenvalue weighted by molar-refractivity contribution is 0.622. The molecule has 0 aliphatic rings. The van der Waals surface area contributed by atoms with Gasteiger partial charge in [0.15, 0.2) is 0 Å². The highest BCUT2D eigenvalue weighted by molar-refractivity contribution is 6.30. The molecular formula is C16H15ClN4. The highest BCUT2D eigenvalue weighted by Gasteiger charge is 2.18. The van der Waals surface area contributed by atoms with Crippen LogP contribution in [-0.4, -0.2) is 21.8 Å². The molecule has 5 heteroatoms. The van der Waals surface area contributed by atoms with Gasteiger partial charge in [0.25, 0.3) is 0 Å². The van der Waals surface area contributed by atoms with Gasteiger partial charge in [-0.3, -0.25) is 4.98 Å². The number of nitrogens with zero attached hydrogens (tertiary/aromatic N) is 3. The van der Waals surface area contributed by atoms with Crippen LogP contribution in [0.15, 0.2) is 60.9 Å². The first-order chi connectivity index (χ1) is 10.3. The summed E-state index contributed by atoms with van der Waals surface area (Å²) < 4.78 is 1.91. The molecule has 0 amide bonds. The first-order valence-corrected chi connectivity index (χ1v) is 7.05. The van der Waals surface area contributed by atoms with E-state index in [1.165, 1.54) is 0 Å². The van der Waals surface area contributed by atoms with Crippen LogP contribution < -0.4 is 5.32 Å². The maximum atomic E-state index is 5.91. The molecule has 0 fully saturated rings. The first kappa shape index (κ1) is 13.8. The molecule has 3 rings (SSSR count). The van der Waals surface area contributed by atoms with E-state index >= 15 is 0 Å². The molecule has 1 unspecified atom stereocenters. The zero-order valence-electron chi connectivity index (χ0n) is 11.6. The fraction of sp³-hybridized carbons (Fsp3) is 0.125. The maximum Gasteiger partial charge on any atom is 0.0924 e. The lowest BCUT2D eigenvalue weighted by Gasteiger charge is -2.17. The second-order valence-corrected chi connectivity index (χ2v) is 5.06. The van der Waals surface area contributed by atoms with Crippen molar-refractivity contribution in [2.45, 2.75) is 6.04 Å². The van der Waals surface area contributed by atoms with Gasteiger partial charge in [0.1, 0.15) is 0 Å². The van der Waals surface area contributed by atoms with Crippen molar-refractivity contribution < 1.29 is 0 Å². The minimum atomic E-state index is -0.0510. The third-order valence-electron chi connectivity index (χ3n) is 3.30. The lowest BCUT2D eigenvalue weighted by atomic mass is 10.1. The number of benzene rings is 1. The topological polar surface area (TPSA) is 42.7 Å². The summed E-state index contributed by atoms with van der Waals surface area (Å²) in [7, 11) is 1.91. The molecule has 1 aromatic carbocycles. The Hall–Kier alpha value is -2.17. The number of hydrogen-bond donors (Lipinski definition) is 1. The minimum Gasteiger partial charge on any atom is -0.307 e. The summed E-state index contributed by atoms with van der Waals surface area (Å²) in [6, 6.07) is 15.7. The van der Waals surface area contributed by atoms with Gasteiger partial charge in [-0.2, -0.15) is 5.10 Å². The van der Waals surface area contributed by atoms with Crippen molar-refractivity contribution in [2.24, 2.45) is 0 Å². The summed E-state index contributed by atoms with van der Waals surface area (Å²) in [6.07, 6.45) is 3.45. The second kappa shape index (κ2) is 6.08. The Kier molecular flexibility index (Phi) is 3.99. The zero-order valence-corrected chi connectivity index (χ0v) is 12.3. The van der Waals surface area contributed by atoms with Crippen LogP contribution in [0.4, 0.5) is 0 Å². The SMILES string of the molecule is CNC(c1ccc(Cl)cn1)c1ccnn1-c1ccccc1. The molecule has 0 spiro atoms. The summed E-state index contributed by atoms with van der Waals surface area (Å²) in [4.78, 5) is 4.40. The number of halogens is 1. The van der Waals surface area contributed by atoms with Crippen LogP contribution in [0.25, 0.3) is 5.69 Å². The fourth-order valence-corrected chi connectivity index (χ4v) is 2.43. The van der Waals surface area contributed by atoms with Crippen molar-refractivity contribution in [3.8, 4) is 5.69 Å². The van der Waals surface area contributed by atoms with Gasteiger partial charge in [0.2, 0.25) is 0 Å². The summed E-state index contributed by atoms with van der Waals surface area (Å²) in [5.74, 6) is 0. The van der Waals surface area contributed by atoms with Gasteiger partial charge in [0.05, 0.1) is 28.1 Å². The van der Waals surface area contributed by atoms with Gasteiger partial charge < -0.3 is 5.32 Å². The molecule has 0 saturated heterocycles. The third kappa shape index (κ3) is 2.82. The van der Waals surface area contributed by atoms with E-state index < -0.39 is 0 Å². The maximum absolute atomic E-state index is 5.91. The highest BCUT2D eigenvalue weighted by atomic mass is 35.5.